The van der Waals surface area contributed by atoms with Crippen LogP contribution >= 0.6 is 0 Å². The van der Waals surface area contributed by atoms with E-state index in [2.05, 4.69) is 12.2 Å². The van der Waals surface area contributed by atoms with Crippen molar-refractivity contribution < 1.29 is 9.84 Å². The summed E-state index contributed by atoms with van der Waals surface area (Å²) in [4.78, 5) is 0. The Morgan fingerprint density at radius 2 is 2.31 bits per heavy atom. The third-order valence-electron chi connectivity index (χ3n) is 3.16. The minimum atomic E-state index is -0.456. The third kappa shape index (κ3) is 2.74. The Labute approximate surface area is 96.4 Å². The van der Waals surface area contributed by atoms with Gasteiger partial charge in [0, 0.05) is 12.6 Å². The molecule has 3 nitrogen and oxygen atoms in total. The van der Waals surface area contributed by atoms with Crippen LogP contribution in [0.25, 0.3) is 0 Å². The van der Waals surface area contributed by atoms with Crippen LogP contribution < -0.4 is 10.1 Å². The molecule has 0 heterocycles. The maximum atomic E-state index is 9.99. The number of hydrogen-bond acceptors (Lipinski definition) is 3. The SMILES string of the molecule is COc1cccc(C(O)CNC2CC2C)c1. The van der Waals surface area contributed by atoms with Gasteiger partial charge >= 0.3 is 0 Å². The van der Waals surface area contributed by atoms with Crippen LogP contribution in [-0.2, 0) is 0 Å². The minimum Gasteiger partial charge on any atom is -0.497 e. The summed E-state index contributed by atoms with van der Waals surface area (Å²) in [6.45, 7) is 2.83. The van der Waals surface area contributed by atoms with Gasteiger partial charge in [-0.1, -0.05) is 19.1 Å². The highest BCUT2D eigenvalue weighted by atomic mass is 16.5. The highest BCUT2D eigenvalue weighted by Gasteiger charge is 2.32. The molecule has 0 spiro atoms. The summed E-state index contributed by atoms with van der Waals surface area (Å²) < 4.78 is 5.13. The quantitative estimate of drug-likeness (QED) is 0.795. The first-order valence-electron chi connectivity index (χ1n) is 5.76. The summed E-state index contributed by atoms with van der Waals surface area (Å²) >= 11 is 0. The van der Waals surface area contributed by atoms with Crippen LogP contribution in [-0.4, -0.2) is 24.8 Å². The number of methoxy groups -OCH3 is 1. The van der Waals surface area contributed by atoms with E-state index in [0.717, 1.165) is 17.2 Å². The van der Waals surface area contributed by atoms with Crippen molar-refractivity contribution in [2.45, 2.75) is 25.5 Å². The molecule has 16 heavy (non-hydrogen) atoms. The molecular weight excluding hydrogens is 202 g/mol. The van der Waals surface area contributed by atoms with E-state index >= 15 is 0 Å². The van der Waals surface area contributed by atoms with Gasteiger partial charge in [0.05, 0.1) is 13.2 Å². The Balaban J connectivity index is 1.89. The van der Waals surface area contributed by atoms with Crippen molar-refractivity contribution in [1.29, 1.82) is 0 Å². The van der Waals surface area contributed by atoms with Crippen LogP contribution in [0, 0.1) is 5.92 Å². The second-order valence-electron chi connectivity index (χ2n) is 4.52. The lowest BCUT2D eigenvalue weighted by Gasteiger charge is -2.13. The van der Waals surface area contributed by atoms with Gasteiger partial charge in [-0.05, 0) is 30.0 Å². The Morgan fingerprint density at radius 1 is 1.56 bits per heavy atom. The van der Waals surface area contributed by atoms with E-state index in [1.165, 1.54) is 6.42 Å². The van der Waals surface area contributed by atoms with E-state index in [9.17, 15) is 5.11 Å². The summed E-state index contributed by atoms with van der Waals surface area (Å²) in [5.74, 6) is 1.55. The number of nitrogens with one attached hydrogen (secondary N) is 1. The number of ether oxygens (including phenoxy) is 1. The molecule has 1 aliphatic carbocycles. The van der Waals surface area contributed by atoms with Crippen molar-refractivity contribution in [3.8, 4) is 5.75 Å². The van der Waals surface area contributed by atoms with Crippen LogP contribution in [0.15, 0.2) is 24.3 Å². The van der Waals surface area contributed by atoms with Crippen LogP contribution in [0.3, 0.4) is 0 Å². The van der Waals surface area contributed by atoms with Gasteiger partial charge in [-0.2, -0.15) is 0 Å². The topological polar surface area (TPSA) is 41.5 Å². The molecule has 0 radical (unpaired) electrons. The number of aliphatic hydroxyl groups is 1. The molecule has 1 aromatic carbocycles. The summed E-state index contributed by atoms with van der Waals surface area (Å²) in [6.07, 6.45) is 0.771. The van der Waals surface area contributed by atoms with Gasteiger partial charge in [0.15, 0.2) is 0 Å². The van der Waals surface area contributed by atoms with E-state index in [1.54, 1.807) is 7.11 Å². The van der Waals surface area contributed by atoms with E-state index in [0.29, 0.717) is 12.6 Å². The maximum Gasteiger partial charge on any atom is 0.119 e. The van der Waals surface area contributed by atoms with Gasteiger partial charge in [-0.3, -0.25) is 0 Å². The molecule has 88 valence electrons. The van der Waals surface area contributed by atoms with Crippen molar-refractivity contribution >= 4 is 0 Å². The maximum absolute atomic E-state index is 9.99. The Kier molecular flexibility index (Phi) is 3.46. The molecule has 1 saturated carbocycles. The van der Waals surface area contributed by atoms with Crippen molar-refractivity contribution in [2.75, 3.05) is 13.7 Å². The zero-order valence-electron chi connectivity index (χ0n) is 9.81. The molecule has 2 rings (SSSR count). The number of benzene rings is 1. The van der Waals surface area contributed by atoms with E-state index < -0.39 is 6.10 Å². The van der Waals surface area contributed by atoms with Crippen molar-refractivity contribution in [1.82, 2.24) is 5.32 Å². The zero-order valence-corrected chi connectivity index (χ0v) is 9.81. The van der Waals surface area contributed by atoms with Crippen LogP contribution in [0.5, 0.6) is 5.75 Å². The summed E-state index contributed by atoms with van der Waals surface area (Å²) in [7, 11) is 1.63. The fourth-order valence-corrected chi connectivity index (χ4v) is 1.84. The molecular formula is C13H19NO2. The summed E-state index contributed by atoms with van der Waals surface area (Å²) in [6, 6.07) is 8.18. The Bertz CT molecular complexity index is 354. The predicted octanol–water partition coefficient (Wildman–Crippen LogP) is 1.73. The molecule has 2 N–H and O–H groups in total. The monoisotopic (exact) mass is 221 g/mol. The summed E-state index contributed by atoms with van der Waals surface area (Å²) in [5.41, 5.74) is 0.903. The normalized spacial score (nSPS) is 25.2. The van der Waals surface area contributed by atoms with Gasteiger partial charge < -0.3 is 15.2 Å². The molecule has 3 atom stereocenters. The molecule has 0 bridgehead atoms. The predicted molar refractivity (Wildman–Crippen MR) is 63.5 cm³/mol. The number of aliphatic hydroxyl groups excluding tert-OH is 1. The number of rotatable bonds is 5. The zero-order chi connectivity index (χ0) is 11.5. The van der Waals surface area contributed by atoms with Crippen molar-refractivity contribution in [3.63, 3.8) is 0 Å². The molecule has 3 unspecified atom stereocenters. The number of hydrogen-bond donors (Lipinski definition) is 2. The highest BCUT2D eigenvalue weighted by molar-refractivity contribution is 5.29. The van der Waals surface area contributed by atoms with Gasteiger partial charge in [0.2, 0.25) is 0 Å². The summed E-state index contributed by atoms with van der Waals surface area (Å²) in [5, 5.41) is 13.3. The average Bonchev–Trinajstić information content (AvgIpc) is 3.02. The molecule has 0 saturated heterocycles. The fraction of sp³-hybridized carbons (Fsp3) is 0.538. The first-order valence-corrected chi connectivity index (χ1v) is 5.76. The lowest BCUT2D eigenvalue weighted by Crippen LogP contribution is -2.24. The smallest absolute Gasteiger partial charge is 0.119 e. The van der Waals surface area contributed by atoms with Crippen molar-refractivity contribution in [3.05, 3.63) is 29.8 Å². The molecule has 1 aromatic rings. The minimum absolute atomic E-state index is 0.456. The largest absolute Gasteiger partial charge is 0.497 e. The highest BCUT2D eigenvalue weighted by Crippen LogP contribution is 2.29. The first-order chi connectivity index (χ1) is 7.70. The Morgan fingerprint density at radius 3 is 2.94 bits per heavy atom. The molecule has 1 aliphatic rings. The van der Waals surface area contributed by atoms with Gasteiger partial charge in [0.25, 0.3) is 0 Å². The average molecular weight is 221 g/mol. The third-order valence-corrected chi connectivity index (χ3v) is 3.16. The fourth-order valence-electron chi connectivity index (χ4n) is 1.84. The van der Waals surface area contributed by atoms with Crippen molar-refractivity contribution in [2.24, 2.45) is 5.92 Å². The van der Waals surface area contributed by atoms with Crippen LogP contribution in [0.4, 0.5) is 0 Å². The molecule has 0 aromatic heterocycles. The Hall–Kier alpha value is -1.06. The molecule has 0 amide bonds. The van der Waals surface area contributed by atoms with E-state index in [4.69, 9.17) is 4.74 Å². The van der Waals surface area contributed by atoms with Gasteiger partial charge in [-0.25, -0.2) is 0 Å². The van der Waals surface area contributed by atoms with Gasteiger partial charge in [-0.15, -0.1) is 0 Å². The lowest BCUT2D eigenvalue weighted by atomic mass is 10.1. The second kappa shape index (κ2) is 4.85. The molecule has 3 heteroatoms. The van der Waals surface area contributed by atoms with E-state index in [-0.39, 0.29) is 0 Å². The molecule has 0 aliphatic heterocycles. The van der Waals surface area contributed by atoms with E-state index in [1.807, 2.05) is 24.3 Å². The van der Waals surface area contributed by atoms with Gasteiger partial charge in [0.1, 0.15) is 5.75 Å². The second-order valence-corrected chi connectivity index (χ2v) is 4.52. The van der Waals surface area contributed by atoms with Crippen LogP contribution in [0.2, 0.25) is 0 Å². The lowest BCUT2D eigenvalue weighted by molar-refractivity contribution is 0.173. The van der Waals surface area contributed by atoms with Crippen LogP contribution in [0.1, 0.15) is 25.0 Å². The standard InChI is InChI=1S/C13H19NO2/c1-9-6-12(9)14-8-13(15)10-4-3-5-11(7-10)16-2/h3-5,7,9,12-15H,6,8H2,1-2H3. The molecule has 1 fully saturated rings. The first kappa shape index (κ1) is 11.4.